The Morgan fingerprint density at radius 3 is 2.61 bits per heavy atom. The van der Waals surface area contributed by atoms with Crippen molar-refractivity contribution in [2.45, 2.75) is 33.0 Å². The molecule has 0 unspecified atom stereocenters. The summed E-state index contributed by atoms with van der Waals surface area (Å²) in [5.74, 6) is 1.12. The molecule has 1 saturated heterocycles. The van der Waals surface area contributed by atoms with Crippen LogP contribution in [0.2, 0.25) is 5.15 Å². The molecule has 0 aliphatic carbocycles. The first-order chi connectivity index (χ1) is 11.0. The molecule has 1 aliphatic rings. The summed E-state index contributed by atoms with van der Waals surface area (Å²) < 4.78 is 3.85. The predicted molar refractivity (Wildman–Crippen MR) is 91.3 cm³/mol. The van der Waals surface area contributed by atoms with Gasteiger partial charge >= 0.3 is 0 Å². The van der Waals surface area contributed by atoms with E-state index in [1.165, 1.54) is 0 Å². The summed E-state index contributed by atoms with van der Waals surface area (Å²) >= 11 is 6.36. The van der Waals surface area contributed by atoms with E-state index in [1.807, 2.05) is 26.4 Å². The molecule has 0 N–H and O–H groups in total. The summed E-state index contributed by atoms with van der Waals surface area (Å²) in [7, 11) is 3.95. The first kappa shape index (κ1) is 16.5. The highest BCUT2D eigenvalue weighted by molar-refractivity contribution is 6.30. The lowest BCUT2D eigenvalue weighted by Gasteiger charge is -2.39. The van der Waals surface area contributed by atoms with Gasteiger partial charge in [-0.25, -0.2) is 4.98 Å². The molecule has 2 aromatic rings. The number of nitrogens with zero attached hydrogens (tertiary/aromatic N) is 6. The summed E-state index contributed by atoms with van der Waals surface area (Å²) in [6.07, 6.45) is 3.87. The van der Waals surface area contributed by atoms with Gasteiger partial charge in [-0.1, -0.05) is 11.6 Å². The van der Waals surface area contributed by atoms with Gasteiger partial charge in [0.15, 0.2) is 0 Å². The van der Waals surface area contributed by atoms with Crippen LogP contribution < -0.4 is 0 Å². The zero-order chi connectivity index (χ0) is 16.6. The van der Waals surface area contributed by atoms with Gasteiger partial charge in [0.25, 0.3) is 0 Å². The summed E-state index contributed by atoms with van der Waals surface area (Å²) in [4.78, 5) is 9.40. The quantitative estimate of drug-likeness (QED) is 0.854. The van der Waals surface area contributed by atoms with Gasteiger partial charge in [0.05, 0.1) is 12.2 Å². The average molecular weight is 337 g/mol. The number of imidazole rings is 1. The minimum absolute atomic E-state index is 0.496. The minimum atomic E-state index is 0.496. The molecule has 23 heavy (non-hydrogen) atoms. The molecule has 0 spiro atoms. The molecule has 0 bridgehead atoms. The first-order valence-electron chi connectivity index (χ1n) is 8.06. The fraction of sp³-hybridized carbons (Fsp3) is 0.625. The van der Waals surface area contributed by atoms with Gasteiger partial charge in [-0.3, -0.25) is 14.5 Å². The first-order valence-corrected chi connectivity index (χ1v) is 8.44. The van der Waals surface area contributed by atoms with E-state index in [1.54, 1.807) is 4.68 Å². The van der Waals surface area contributed by atoms with Gasteiger partial charge in [0, 0.05) is 64.3 Å². The lowest BCUT2D eigenvalue weighted by molar-refractivity contribution is 0.0706. The van der Waals surface area contributed by atoms with Crippen LogP contribution in [0.5, 0.6) is 0 Å². The number of hydrogen-bond donors (Lipinski definition) is 0. The monoisotopic (exact) mass is 336 g/mol. The fourth-order valence-electron chi connectivity index (χ4n) is 3.26. The second kappa shape index (κ2) is 6.63. The number of halogens is 1. The Morgan fingerprint density at radius 1 is 1.26 bits per heavy atom. The number of aromatic nitrogens is 4. The van der Waals surface area contributed by atoms with Crippen LogP contribution in [0.3, 0.4) is 0 Å². The van der Waals surface area contributed by atoms with Crippen molar-refractivity contribution in [3.63, 3.8) is 0 Å². The van der Waals surface area contributed by atoms with Crippen LogP contribution in [-0.4, -0.2) is 54.8 Å². The highest BCUT2D eigenvalue weighted by atomic mass is 35.5. The van der Waals surface area contributed by atoms with Crippen molar-refractivity contribution in [3.8, 4) is 0 Å². The summed E-state index contributed by atoms with van der Waals surface area (Å²) in [5, 5.41) is 5.16. The number of hydrogen-bond acceptors (Lipinski definition) is 4. The number of rotatable bonds is 4. The minimum Gasteiger partial charge on any atom is -0.337 e. The SMILES string of the molecule is Cc1nn(C)c(Cl)c1CN1CCN(Cc2nccn2C)[C@H](C)C1. The third-order valence-corrected chi connectivity index (χ3v) is 5.24. The molecule has 0 radical (unpaired) electrons. The summed E-state index contributed by atoms with van der Waals surface area (Å²) in [6.45, 7) is 9.22. The maximum atomic E-state index is 6.36. The Labute approximate surface area is 142 Å². The van der Waals surface area contributed by atoms with E-state index in [0.717, 1.165) is 55.0 Å². The van der Waals surface area contributed by atoms with Gasteiger partial charge in [-0.15, -0.1) is 0 Å². The Kier molecular flexibility index (Phi) is 4.75. The van der Waals surface area contributed by atoms with E-state index in [2.05, 4.69) is 38.4 Å². The topological polar surface area (TPSA) is 42.1 Å². The van der Waals surface area contributed by atoms with Crippen LogP contribution >= 0.6 is 11.6 Å². The Balaban J connectivity index is 1.61. The molecule has 0 aromatic carbocycles. The Hall–Kier alpha value is -1.37. The van der Waals surface area contributed by atoms with Crippen molar-refractivity contribution < 1.29 is 0 Å². The second-order valence-corrected chi connectivity index (χ2v) is 6.85. The molecule has 1 fully saturated rings. The third-order valence-electron chi connectivity index (χ3n) is 4.77. The Bertz CT molecular complexity index is 676. The van der Waals surface area contributed by atoms with E-state index >= 15 is 0 Å². The highest BCUT2D eigenvalue weighted by Gasteiger charge is 2.26. The molecule has 1 atom stereocenters. The van der Waals surface area contributed by atoms with E-state index in [0.29, 0.717) is 6.04 Å². The van der Waals surface area contributed by atoms with Gasteiger partial charge in [0.1, 0.15) is 11.0 Å². The summed E-state index contributed by atoms with van der Waals surface area (Å²) in [6, 6.07) is 0.496. The van der Waals surface area contributed by atoms with Crippen molar-refractivity contribution >= 4 is 11.6 Å². The van der Waals surface area contributed by atoms with Gasteiger partial charge in [-0.05, 0) is 13.8 Å². The van der Waals surface area contributed by atoms with Gasteiger partial charge in [-0.2, -0.15) is 5.10 Å². The van der Waals surface area contributed by atoms with Crippen molar-refractivity contribution in [3.05, 3.63) is 34.6 Å². The lowest BCUT2D eigenvalue weighted by atomic mass is 10.1. The maximum absolute atomic E-state index is 6.36. The van der Waals surface area contributed by atoms with Crippen LogP contribution in [0.4, 0.5) is 0 Å². The van der Waals surface area contributed by atoms with E-state index < -0.39 is 0 Å². The molecule has 0 amide bonds. The molecule has 126 valence electrons. The second-order valence-electron chi connectivity index (χ2n) is 6.49. The van der Waals surface area contributed by atoms with E-state index in [9.17, 15) is 0 Å². The van der Waals surface area contributed by atoms with Gasteiger partial charge in [0.2, 0.25) is 0 Å². The smallest absolute Gasteiger partial charge is 0.131 e. The van der Waals surface area contributed by atoms with Crippen LogP contribution in [0.15, 0.2) is 12.4 Å². The molecule has 2 aromatic heterocycles. The lowest BCUT2D eigenvalue weighted by Crippen LogP contribution is -2.51. The molecule has 7 heteroatoms. The molecule has 3 heterocycles. The zero-order valence-electron chi connectivity index (χ0n) is 14.3. The summed E-state index contributed by atoms with van der Waals surface area (Å²) in [5.41, 5.74) is 2.18. The van der Waals surface area contributed by atoms with Crippen molar-refractivity contribution in [2.75, 3.05) is 19.6 Å². The van der Waals surface area contributed by atoms with E-state index in [4.69, 9.17) is 11.6 Å². The van der Waals surface area contributed by atoms with Crippen LogP contribution in [0, 0.1) is 6.92 Å². The number of piperazine rings is 1. The molecule has 1 aliphatic heterocycles. The fourth-order valence-corrected chi connectivity index (χ4v) is 3.49. The molecular weight excluding hydrogens is 312 g/mol. The van der Waals surface area contributed by atoms with Gasteiger partial charge < -0.3 is 4.57 Å². The Morgan fingerprint density at radius 2 is 2.04 bits per heavy atom. The van der Waals surface area contributed by atoms with Crippen molar-refractivity contribution in [2.24, 2.45) is 14.1 Å². The zero-order valence-corrected chi connectivity index (χ0v) is 15.1. The molecule has 3 rings (SSSR count). The van der Waals surface area contributed by atoms with E-state index in [-0.39, 0.29) is 0 Å². The average Bonchev–Trinajstić information content (AvgIpc) is 3.00. The molecule has 6 nitrogen and oxygen atoms in total. The maximum Gasteiger partial charge on any atom is 0.131 e. The van der Waals surface area contributed by atoms with Crippen molar-refractivity contribution in [1.82, 2.24) is 29.1 Å². The normalized spacial score (nSPS) is 20.3. The molecule has 0 saturated carbocycles. The third kappa shape index (κ3) is 3.44. The number of aryl methyl sites for hydroxylation is 3. The largest absolute Gasteiger partial charge is 0.337 e. The predicted octanol–water partition coefficient (Wildman–Crippen LogP) is 1.82. The van der Waals surface area contributed by atoms with Crippen LogP contribution in [0.1, 0.15) is 24.0 Å². The molecular formula is C16H25ClN6. The van der Waals surface area contributed by atoms with Crippen LogP contribution in [0.25, 0.3) is 0 Å². The van der Waals surface area contributed by atoms with Crippen molar-refractivity contribution in [1.29, 1.82) is 0 Å². The highest BCUT2D eigenvalue weighted by Crippen LogP contribution is 2.22. The van der Waals surface area contributed by atoms with Crippen LogP contribution in [-0.2, 0) is 27.2 Å². The standard InChI is InChI=1S/C16H25ClN6/c1-12-9-22(10-14-13(2)19-21(4)16(14)17)7-8-23(12)11-15-18-5-6-20(15)3/h5-6,12H,7-11H2,1-4H3/t12-/m1/s1.